The number of rotatable bonds is 3. The molecular formula is C22H19Br2N3O3. The van der Waals surface area contributed by atoms with Crippen LogP contribution in [0.4, 0.5) is 11.4 Å². The number of phenolic OH excluding ortho intramolecular Hbond substituents is 1. The topological polar surface area (TPSA) is 65.9 Å². The first kappa shape index (κ1) is 20.7. The van der Waals surface area contributed by atoms with Crippen molar-refractivity contribution in [2.75, 3.05) is 37.0 Å². The molecule has 2 heterocycles. The third kappa shape index (κ3) is 3.89. The predicted octanol–water partition coefficient (Wildman–Crippen LogP) is 5.08. The van der Waals surface area contributed by atoms with E-state index in [2.05, 4.69) is 42.9 Å². The highest BCUT2D eigenvalue weighted by Gasteiger charge is 2.27. The molecule has 30 heavy (non-hydrogen) atoms. The van der Waals surface area contributed by atoms with Crippen molar-refractivity contribution in [1.82, 2.24) is 4.98 Å². The zero-order chi connectivity index (χ0) is 21.4. The second kappa shape index (κ2) is 8.28. The molecule has 1 aromatic heterocycles. The van der Waals surface area contributed by atoms with Crippen LogP contribution in [0.2, 0.25) is 0 Å². The number of halogens is 2. The number of ether oxygens (including phenoxy) is 1. The summed E-state index contributed by atoms with van der Waals surface area (Å²) in [6.45, 7) is 0.770. The first-order chi connectivity index (χ1) is 14.3. The number of fused-ring (bicyclic) bond motifs is 1. The van der Waals surface area contributed by atoms with Crippen LogP contribution in [0.1, 0.15) is 10.4 Å². The molecule has 0 saturated carbocycles. The molecule has 8 heteroatoms. The maximum Gasteiger partial charge on any atom is 0.258 e. The number of hydrogen-bond acceptors (Lipinski definition) is 5. The maximum absolute atomic E-state index is 13.3. The molecule has 4 rings (SSSR count). The summed E-state index contributed by atoms with van der Waals surface area (Å²) >= 11 is 6.58. The zero-order valence-electron chi connectivity index (χ0n) is 16.4. The number of hydrogen-bond donors (Lipinski definition) is 1. The molecule has 0 radical (unpaired) electrons. The van der Waals surface area contributed by atoms with E-state index in [1.54, 1.807) is 23.2 Å². The van der Waals surface area contributed by atoms with Gasteiger partial charge in [-0.3, -0.25) is 4.79 Å². The summed E-state index contributed by atoms with van der Waals surface area (Å²) in [6, 6.07) is 13.3. The van der Waals surface area contributed by atoms with Crippen LogP contribution in [0.15, 0.2) is 57.6 Å². The molecule has 0 aliphatic carbocycles. The number of nitrogens with zero attached hydrogens (tertiary/aromatic N) is 3. The van der Waals surface area contributed by atoms with Crippen LogP contribution < -0.4 is 14.5 Å². The van der Waals surface area contributed by atoms with Crippen molar-refractivity contribution in [2.45, 2.75) is 0 Å². The third-order valence-electron chi connectivity index (χ3n) is 4.88. The second-order valence-electron chi connectivity index (χ2n) is 7.09. The van der Waals surface area contributed by atoms with Gasteiger partial charge in [0.1, 0.15) is 18.0 Å². The van der Waals surface area contributed by atoms with Gasteiger partial charge in [-0.15, -0.1) is 0 Å². The number of phenols is 1. The number of aromatic nitrogens is 1. The van der Waals surface area contributed by atoms with Crippen LogP contribution in [-0.4, -0.2) is 43.2 Å². The predicted molar refractivity (Wildman–Crippen MR) is 125 cm³/mol. The summed E-state index contributed by atoms with van der Waals surface area (Å²) in [5.41, 5.74) is 4.05. The van der Waals surface area contributed by atoms with Crippen molar-refractivity contribution < 1.29 is 14.6 Å². The van der Waals surface area contributed by atoms with Gasteiger partial charge in [0.05, 0.1) is 15.5 Å². The molecule has 154 valence electrons. The standard InChI is InChI=1S/C22H19Br2N3O3/c1-26(2)16-5-3-4-13(8-16)15-11-19-21(25-12-15)30-7-6-27(19)22(29)14-9-17(23)20(28)18(24)10-14/h3-5,8-12,28H,6-7H2,1-2H3. The van der Waals surface area contributed by atoms with Gasteiger partial charge in [-0.1, -0.05) is 12.1 Å². The molecule has 1 amide bonds. The first-order valence-corrected chi connectivity index (χ1v) is 10.8. The highest BCUT2D eigenvalue weighted by atomic mass is 79.9. The smallest absolute Gasteiger partial charge is 0.258 e. The SMILES string of the molecule is CN(C)c1cccc(-c2cnc3c(c2)N(C(=O)c2cc(Br)c(O)c(Br)c2)CCO3)c1. The minimum Gasteiger partial charge on any atom is -0.506 e. The lowest BCUT2D eigenvalue weighted by Gasteiger charge is -2.29. The summed E-state index contributed by atoms with van der Waals surface area (Å²) in [5, 5.41) is 9.95. The maximum atomic E-state index is 13.3. The van der Waals surface area contributed by atoms with E-state index in [4.69, 9.17) is 4.74 Å². The Bertz CT molecular complexity index is 1110. The van der Waals surface area contributed by atoms with Crippen LogP contribution in [0.3, 0.4) is 0 Å². The van der Waals surface area contributed by atoms with E-state index in [9.17, 15) is 9.90 Å². The first-order valence-electron chi connectivity index (χ1n) is 9.25. The molecule has 2 aromatic carbocycles. The van der Waals surface area contributed by atoms with Crippen molar-refractivity contribution in [3.05, 3.63) is 63.2 Å². The van der Waals surface area contributed by atoms with Crippen molar-refractivity contribution in [2.24, 2.45) is 0 Å². The van der Waals surface area contributed by atoms with E-state index in [0.717, 1.165) is 16.8 Å². The number of pyridine rings is 1. The monoisotopic (exact) mass is 531 g/mol. The Morgan fingerprint density at radius 3 is 2.57 bits per heavy atom. The fraction of sp³-hybridized carbons (Fsp3) is 0.182. The number of anilines is 2. The van der Waals surface area contributed by atoms with Crippen molar-refractivity contribution in [3.63, 3.8) is 0 Å². The van der Waals surface area contributed by atoms with Crippen molar-refractivity contribution in [3.8, 4) is 22.8 Å². The molecule has 0 atom stereocenters. The lowest BCUT2D eigenvalue weighted by Crippen LogP contribution is -2.38. The van der Waals surface area contributed by atoms with Gasteiger partial charge < -0.3 is 19.6 Å². The summed E-state index contributed by atoms with van der Waals surface area (Å²) < 4.78 is 6.58. The fourth-order valence-electron chi connectivity index (χ4n) is 3.28. The Balaban J connectivity index is 1.74. The van der Waals surface area contributed by atoms with Crippen molar-refractivity contribution >= 4 is 49.1 Å². The Labute approximate surface area is 191 Å². The van der Waals surface area contributed by atoms with Crippen LogP contribution in [0.25, 0.3) is 11.1 Å². The number of amides is 1. The molecule has 0 unspecified atom stereocenters. The normalized spacial score (nSPS) is 12.9. The third-order valence-corrected chi connectivity index (χ3v) is 6.09. The number of benzene rings is 2. The molecule has 0 bridgehead atoms. The minimum atomic E-state index is -0.193. The zero-order valence-corrected chi connectivity index (χ0v) is 19.6. The Morgan fingerprint density at radius 2 is 1.87 bits per heavy atom. The largest absolute Gasteiger partial charge is 0.506 e. The highest BCUT2D eigenvalue weighted by Crippen LogP contribution is 2.37. The molecule has 1 N–H and O–H groups in total. The van der Waals surface area contributed by atoms with E-state index in [1.807, 2.05) is 43.3 Å². The van der Waals surface area contributed by atoms with Gasteiger partial charge in [-0.2, -0.15) is 0 Å². The van der Waals surface area contributed by atoms with Crippen molar-refractivity contribution in [1.29, 1.82) is 0 Å². The molecule has 3 aromatic rings. The van der Waals surface area contributed by atoms with Gasteiger partial charge in [0.2, 0.25) is 5.88 Å². The van der Waals surface area contributed by atoms with Gasteiger partial charge >= 0.3 is 0 Å². The fourth-order valence-corrected chi connectivity index (χ4v) is 4.46. The Morgan fingerprint density at radius 1 is 1.13 bits per heavy atom. The Kier molecular flexibility index (Phi) is 5.71. The number of carbonyl (C=O) groups is 1. The quantitative estimate of drug-likeness (QED) is 0.509. The van der Waals surface area contributed by atoms with Crippen LogP contribution in [0.5, 0.6) is 11.6 Å². The summed E-state index contributed by atoms with van der Waals surface area (Å²) in [7, 11) is 3.98. The van der Waals surface area contributed by atoms with E-state index in [0.29, 0.717) is 39.2 Å². The molecule has 0 fully saturated rings. The summed E-state index contributed by atoms with van der Waals surface area (Å²) in [5.74, 6) is 0.291. The number of aromatic hydroxyl groups is 1. The van der Waals surface area contributed by atoms with Gasteiger partial charge in [-0.25, -0.2) is 4.98 Å². The summed E-state index contributed by atoms with van der Waals surface area (Å²) in [4.78, 5) is 21.4. The van der Waals surface area contributed by atoms with E-state index >= 15 is 0 Å². The lowest BCUT2D eigenvalue weighted by molar-refractivity contribution is 0.0975. The molecule has 6 nitrogen and oxygen atoms in total. The lowest BCUT2D eigenvalue weighted by atomic mass is 10.1. The minimum absolute atomic E-state index is 0.0543. The van der Waals surface area contributed by atoms with E-state index in [-0.39, 0.29) is 11.7 Å². The second-order valence-corrected chi connectivity index (χ2v) is 8.80. The average molecular weight is 533 g/mol. The van der Waals surface area contributed by atoms with Crippen LogP contribution in [-0.2, 0) is 0 Å². The molecule has 0 saturated heterocycles. The van der Waals surface area contributed by atoms with E-state index < -0.39 is 0 Å². The van der Waals surface area contributed by atoms with Crippen LogP contribution >= 0.6 is 31.9 Å². The van der Waals surface area contributed by atoms with Gasteiger partial charge in [-0.05, 0) is 67.8 Å². The average Bonchev–Trinajstić information content (AvgIpc) is 2.76. The Hall–Kier alpha value is -2.58. The molecule has 0 spiro atoms. The molecule has 1 aliphatic heterocycles. The van der Waals surface area contributed by atoms with Gasteiger partial charge in [0.25, 0.3) is 5.91 Å². The molecular weight excluding hydrogens is 514 g/mol. The van der Waals surface area contributed by atoms with Gasteiger partial charge in [0.15, 0.2) is 0 Å². The highest BCUT2D eigenvalue weighted by molar-refractivity contribution is 9.11. The molecule has 1 aliphatic rings. The van der Waals surface area contributed by atoms with Gasteiger partial charge in [0, 0.05) is 37.1 Å². The van der Waals surface area contributed by atoms with E-state index in [1.165, 1.54) is 0 Å². The number of carbonyl (C=O) groups excluding carboxylic acids is 1. The summed E-state index contributed by atoms with van der Waals surface area (Å²) in [6.07, 6.45) is 1.76. The van der Waals surface area contributed by atoms with Crippen LogP contribution in [0, 0.1) is 0 Å².